The molecular formula is C18H30O9. The molecule has 27 heavy (non-hydrogen) atoms. The highest BCUT2D eigenvalue weighted by Gasteiger charge is 2.19. The normalized spacial score (nSPS) is 11.6. The molecule has 0 saturated heterocycles. The van der Waals surface area contributed by atoms with Crippen molar-refractivity contribution in [2.75, 3.05) is 39.6 Å². The molecule has 0 amide bonds. The molecule has 0 bridgehead atoms. The molecule has 0 aromatic carbocycles. The first-order valence-corrected chi connectivity index (χ1v) is 8.74. The fourth-order valence-electron chi connectivity index (χ4n) is 1.43. The number of esters is 1. The van der Waals surface area contributed by atoms with Crippen molar-refractivity contribution >= 4 is 18.3 Å². The zero-order chi connectivity index (χ0) is 20.7. The van der Waals surface area contributed by atoms with Crippen LogP contribution in [0.5, 0.6) is 0 Å². The molecule has 0 fully saturated rings. The molecule has 0 heterocycles. The predicted molar refractivity (Wildman–Crippen MR) is 95.2 cm³/mol. The lowest BCUT2D eigenvalue weighted by Crippen LogP contribution is -2.31. The minimum Gasteiger partial charge on any atom is -0.460 e. The molecule has 0 aromatic rings. The Morgan fingerprint density at radius 1 is 0.778 bits per heavy atom. The monoisotopic (exact) mass is 390 g/mol. The molecule has 156 valence electrons. The minimum atomic E-state index is -0.897. The number of hydrogen-bond donors (Lipinski definition) is 0. The maximum atomic E-state index is 11.7. The maximum Gasteiger partial charge on any atom is 0.508 e. The zero-order valence-electron chi connectivity index (χ0n) is 16.4. The third kappa shape index (κ3) is 15.7. The van der Waals surface area contributed by atoms with Crippen LogP contribution in [-0.4, -0.2) is 64.0 Å². The van der Waals surface area contributed by atoms with Crippen LogP contribution in [0.1, 0.15) is 27.7 Å². The van der Waals surface area contributed by atoms with E-state index < -0.39 is 24.4 Å². The van der Waals surface area contributed by atoms with E-state index in [1.165, 1.54) is 0 Å². The summed E-state index contributed by atoms with van der Waals surface area (Å²) in [5.41, 5.74) is 0. The average Bonchev–Trinajstić information content (AvgIpc) is 2.61. The summed E-state index contributed by atoms with van der Waals surface area (Å²) in [7, 11) is 0. The first-order chi connectivity index (χ1) is 12.7. The van der Waals surface area contributed by atoms with Gasteiger partial charge in [-0.25, -0.2) is 14.4 Å². The van der Waals surface area contributed by atoms with Gasteiger partial charge in [0.1, 0.15) is 13.2 Å². The highest BCUT2D eigenvalue weighted by Crippen LogP contribution is 2.03. The molecule has 9 nitrogen and oxygen atoms in total. The van der Waals surface area contributed by atoms with E-state index >= 15 is 0 Å². The molecule has 0 N–H and O–H groups in total. The third-order valence-corrected chi connectivity index (χ3v) is 2.66. The Balaban J connectivity index is 4.34. The van der Waals surface area contributed by atoms with Crippen molar-refractivity contribution in [1.29, 1.82) is 0 Å². The Kier molecular flexibility index (Phi) is 13.6. The molecule has 0 saturated carbocycles. The first-order valence-electron chi connectivity index (χ1n) is 8.74. The largest absolute Gasteiger partial charge is 0.508 e. The van der Waals surface area contributed by atoms with Crippen LogP contribution in [0, 0.1) is 11.8 Å². The Morgan fingerprint density at radius 3 is 1.89 bits per heavy atom. The summed E-state index contributed by atoms with van der Waals surface area (Å²) < 4.78 is 29.8. The van der Waals surface area contributed by atoms with Crippen LogP contribution in [0.3, 0.4) is 0 Å². The SMILES string of the molecule is C=CC(=O)OCCOCC(COC(=O)OCC(C)C)OC(=O)OCC(C)C. The van der Waals surface area contributed by atoms with Crippen LogP contribution in [0.25, 0.3) is 0 Å². The number of carbonyl (C=O) groups excluding carboxylic acids is 3. The zero-order valence-corrected chi connectivity index (χ0v) is 16.4. The molecule has 0 spiro atoms. The van der Waals surface area contributed by atoms with Gasteiger partial charge in [-0.3, -0.25) is 0 Å². The summed E-state index contributed by atoms with van der Waals surface area (Å²) in [4.78, 5) is 34.1. The van der Waals surface area contributed by atoms with Crippen molar-refractivity contribution in [2.24, 2.45) is 11.8 Å². The molecule has 1 atom stereocenters. The van der Waals surface area contributed by atoms with Gasteiger partial charge in [0.25, 0.3) is 0 Å². The van der Waals surface area contributed by atoms with Crippen LogP contribution in [0.2, 0.25) is 0 Å². The van der Waals surface area contributed by atoms with E-state index in [1.807, 2.05) is 27.7 Å². The summed E-state index contributed by atoms with van der Waals surface area (Å²) in [5.74, 6) is -0.258. The van der Waals surface area contributed by atoms with Gasteiger partial charge in [-0.2, -0.15) is 0 Å². The topological polar surface area (TPSA) is 107 Å². The van der Waals surface area contributed by atoms with Gasteiger partial charge in [0, 0.05) is 6.08 Å². The minimum absolute atomic E-state index is 0.00660. The lowest BCUT2D eigenvalue weighted by Gasteiger charge is -2.18. The Labute approximate surface area is 159 Å². The van der Waals surface area contributed by atoms with E-state index in [4.69, 9.17) is 28.4 Å². The van der Waals surface area contributed by atoms with Crippen molar-refractivity contribution in [2.45, 2.75) is 33.8 Å². The lowest BCUT2D eigenvalue weighted by molar-refractivity contribution is -0.139. The summed E-state index contributed by atoms with van der Waals surface area (Å²) in [6.07, 6.45) is -1.62. The Bertz CT molecular complexity index is 460. The molecule has 0 aliphatic carbocycles. The van der Waals surface area contributed by atoms with Crippen LogP contribution in [0.4, 0.5) is 9.59 Å². The quantitative estimate of drug-likeness (QED) is 0.203. The average molecular weight is 390 g/mol. The number of ether oxygens (including phenoxy) is 6. The van der Waals surface area contributed by atoms with Crippen molar-refractivity contribution in [3.63, 3.8) is 0 Å². The van der Waals surface area contributed by atoms with Gasteiger partial charge in [0.2, 0.25) is 0 Å². The van der Waals surface area contributed by atoms with Crippen LogP contribution >= 0.6 is 0 Å². The summed E-state index contributed by atoms with van der Waals surface area (Å²) in [6, 6.07) is 0. The van der Waals surface area contributed by atoms with Crippen molar-refractivity contribution in [3.8, 4) is 0 Å². The molecule has 1 unspecified atom stereocenters. The smallest absolute Gasteiger partial charge is 0.460 e. The fraction of sp³-hybridized carbons (Fsp3) is 0.722. The van der Waals surface area contributed by atoms with Crippen LogP contribution in [-0.2, 0) is 33.2 Å². The van der Waals surface area contributed by atoms with Gasteiger partial charge in [-0.15, -0.1) is 0 Å². The van der Waals surface area contributed by atoms with Crippen LogP contribution in [0.15, 0.2) is 12.7 Å². The maximum absolute atomic E-state index is 11.7. The van der Waals surface area contributed by atoms with Gasteiger partial charge in [-0.05, 0) is 11.8 Å². The molecule has 9 heteroatoms. The van der Waals surface area contributed by atoms with Crippen molar-refractivity contribution in [1.82, 2.24) is 0 Å². The second-order valence-electron chi connectivity index (χ2n) is 6.41. The van der Waals surface area contributed by atoms with Gasteiger partial charge in [0.05, 0.1) is 26.4 Å². The van der Waals surface area contributed by atoms with E-state index in [1.54, 1.807) is 0 Å². The summed E-state index contributed by atoms with van der Waals surface area (Å²) in [5, 5.41) is 0. The molecule has 0 rings (SSSR count). The standard InChI is InChI=1S/C18H30O9/c1-6-16(19)23-8-7-22-11-15(27-18(21)25-10-14(4)5)12-26-17(20)24-9-13(2)3/h6,13-15H,1,7-12H2,2-5H3. The van der Waals surface area contributed by atoms with E-state index in [0.717, 1.165) is 6.08 Å². The number of carbonyl (C=O) groups is 3. The second kappa shape index (κ2) is 14.8. The highest BCUT2D eigenvalue weighted by molar-refractivity contribution is 5.81. The molecule has 0 radical (unpaired) electrons. The van der Waals surface area contributed by atoms with Crippen LogP contribution < -0.4 is 0 Å². The van der Waals surface area contributed by atoms with E-state index in [-0.39, 0.29) is 51.5 Å². The Morgan fingerprint density at radius 2 is 1.33 bits per heavy atom. The number of rotatable bonds is 13. The Hall–Kier alpha value is -2.29. The first kappa shape index (κ1) is 24.7. The number of hydrogen-bond acceptors (Lipinski definition) is 9. The summed E-state index contributed by atoms with van der Waals surface area (Å²) in [6.45, 7) is 10.9. The lowest BCUT2D eigenvalue weighted by atomic mass is 10.2. The second-order valence-corrected chi connectivity index (χ2v) is 6.41. The summed E-state index contributed by atoms with van der Waals surface area (Å²) >= 11 is 0. The van der Waals surface area contributed by atoms with Gasteiger partial charge in [-0.1, -0.05) is 34.3 Å². The van der Waals surface area contributed by atoms with Crippen molar-refractivity contribution in [3.05, 3.63) is 12.7 Å². The van der Waals surface area contributed by atoms with Gasteiger partial charge in [0.15, 0.2) is 6.10 Å². The molecular weight excluding hydrogens is 360 g/mol. The van der Waals surface area contributed by atoms with Crippen molar-refractivity contribution < 1.29 is 42.8 Å². The fourth-order valence-corrected chi connectivity index (χ4v) is 1.43. The van der Waals surface area contributed by atoms with Gasteiger partial charge >= 0.3 is 18.3 Å². The third-order valence-electron chi connectivity index (χ3n) is 2.66. The molecule has 0 aliphatic rings. The van der Waals surface area contributed by atoms with E-state index in [0.29, 0.717) is 0 Å². The van der Waals surface area contributed by atoms with E-state index in [9.17, 15) is 14.4 Å². The van der Waals surface area contributed by atoms with E-state index in [2.05, 4.69) is 6.58 Å². The molecule has 0 aromatic heterocycles. The molecule has 0 aliphatic heterocycles. The predicted octanol–water partition coefficient (Wildman–Crippen LogP) is 2.72. The van der Waals surface area contributed by atoms with Gasteiger partial charge < -0.3 is 28.4 Å². The highest BCUT2D eigenvalue weighted by atomic mass is 16.8.